The molecule has 3 atom stereocenters. The van der Waals surface area contributed by atoms with Crippen molar-refractivity contribution in [3.8, 4) is 0 Å². The van der Waals surface area contributed by atoms with E-state index in [1.807, 2.05) is 0 Å². The highest BCUT2D eigenvalue weighted by molar-refractivity contribution is 5.79. The quantitative estimate of drug-likeness (QED) is 0.807. The van der Waals surface area contributed by atoms with Gasteiger partial charge in [0.25, 0.3) is 0 Å². The largest absolute Gasteiger partial charge is 0.341 e. The first kappa shape index (κ1) is 13.4. The van der Waals surface area contributed by atoms with Crippen molar-refractivity contribution >= 4 is 5.91 Å². The van der Waals surface area contributed by atoms with Gasteiger partial charge in [-0.15, -0.1) is 0 Å². The topological polar surface area (TPSA) is 35.6 Å². The predicted octanol–water partition coefficient (Wildman–Crippen LogP) is 0.929. The van der Waals surface area contributed by atoms with Crippen LogP contribution in [0.5, 0.6) is 0 Å². The molecule has 1 amide bonds. The Labute approximate surface area is 116 Å². The summed E-state index contributed by atoms with van der Waals surface area (Å²) in [5.74, 6) is 1.27. The molecule has 1 N–H and O–H groups in total. The number of hydrogen-bond acceptors (Lipinski definition) is 3. The Morgan fingerprint density at radius 1 is 1.16 bits per heavy atom. The summed E-state index contributed by atoms with van der Waals surface area (Å²) in [6.07, 6.45) is 4.93. The van der Waals surface area contributed by atoms with Gasteiger partial charge in [0.2, 0.25) is 5.91 Å². The average Bonchev–Trinajstić information content (AvgIpc) is 3.08. The number of amides is 1. The van der Waals surface area contributed by atoms with Crippen LogP contribution in [-0.4, -0.2) is 61.0 Å². The van der Waals surface area contributed by atoms with E-state index in [0.717, 1.165) is 32.6 Å². The van der Waals surface area contributed by atoms with Gasteiger partial charge >= 0.3 is 0 Å². The number of carbonyl (C=O) groups is 1. The van der Waals surface area contributed by atoms with E-state index in [2.05, 4.69) is 22.0 Å². The summed E-state index contributed by atoms with van der Waals surface area (Å²) in [6, 6.07) is 0.639. The van der Waals surface area contributed by atoms with Gasteiger partial charge < -0.3 is 10.2 Å². The molecule has 0 aromatic rings. The third kappa shape index (κ3) is 2.95. The molecule has 4 nitrogen and oxygen atoms in total. The van der Waals surface area contributed by atoms with Crippen LogP contribution in [0, 0.1) is 11.8 Å². The molecule has 3 rings (SSSR count). The minimum absolute atomic E-state index is 0.223. The summed E-state index contributed by atoms with van der Waals surface area (Å²) < 4.78 is 0. The minimum Gasteiger partial charge on any atom is -0.341 e. The Morgan fingerprint density at radius 2 is 1.95 bits per heavy atom. The molecular formula is C15H27N3O. The number of nitrogens with zero attached hydrogens (tertiary/aromatic N) is 2. The van der Waals surface area contributed by atoms with Gasteiger partial charge in [0.05, 0.1) is 5.92 Å². The molecule has 3 heterocycles. The number of piperidine rings is 1. The van der Waals surface area contributed by atoms with Crippen molar-refractivity contribution in [3.63, 3.8) is 0 Å². The van der Waals surface area contributed by atoms with Gasteiger partial charge in [0, 0.05) is 25.7 Å². The second-order valence-corrected chi connectivity index (χ2v) is 6.67. The molecule has 0 bridgehead atoms. The number of rotatable bonds is 2. The van der Waals surface area contributed by atoms with Crippen LogP contribution in [0.15, 0.2) is 0 Å². The number of hydrogen-bond donors (Lipinski definition) is 1. The maximum atomic E-state index is 12.6. The van der Waals surface area contributed by atoms with Gasteiger partial charge in [0.15, 0.2) is 0 Å². The molecule has 0 radical (unpaired) electrons. The molecule has 0 aromatic carbocycles. The molecule has 0 aromatic heterocycles. The lowest BCUT2D eigenvalue weighted by molar-refractivity contribution is -0.135. The molecule has 0 aliphatic carbocycles. The van der Waals surface area contributed by atoms with E-state index in [1.54, 1.807) is 0 Å². The monoisotopic (exact) mass is 265 g/mol. The predicted molar refractivity (Wildman–Crippen MR) is 75.9 cm³/mol. The second kappa shape index (κ2) is 5.80. The number of likely N-dealkylation sites (tertiary alicyclic amines) is 2. The fraction of sp³-hybridized carbons (Fsp3) is 0.933. The van der Waals surface area contributed by atoms with Crippen molar-refractivity contribution in [3.05, 3.63) is 0 Å². The van der Waals surface area contributed by atoms with E-state index < -0.39 is 0 Å². The van der Waals surface area contributed by atoms with E-state index in [1.165, 1.54) is 32.4 Å². The zero-order valence-corrected chi connectivity index (χ0v) is 12.1. The summed E-state index contributed by atoms with van der Waals surface area (Å²) >= 11 is 0. The highest BCUT2D eigenvalue weighted by Crippen LogP contribution is 2.24. The summed E-state index contributed by atoms with van der Waals surface area (Å²) in [7, 11) is 0. The van der Waals surface area contributed by atoms with Gasteiger partial charge in [0.1, 0.15) is 0 Å². The third-order valence-electron chi connectivity index (χ3n) is 5.05. The van der Waals surface area contributed by atoms with Crippen molar-refractivity contribution in [2.75, 3.05) is 39.3 Å². The van der Waals surface area contributed by atoms with Gasteiger partial charge in [-0.1, -0.05) is 6.92 Å². The summed E-state index contributed by atoms with van der Waals surface area (Å²) in [5.41, 5.74) is 0. The van der Waals surface area contributed by atoms with Crippen LogP contribution in [-0.2, 0) is 4.79 Å². The van der Waals surface area contributed by atoms with Crippen LogP contribution in [0.3, 0.4) is 0 Å². The van der Waals surface area contributed by atoms with Gasteiger partial charge in [-0.05, 0) is 51.2 Å². The van der Waals surface area contributed by atoms with Crippen LogP contribution >= 0.6 is 0 Å². The lowest BCUT2D eigenvalue weighted by Gasteiger charge is -2.30. The SMILES string of the molecule is CC1CNCC(C(=O)N2CCC(N3CCCC3)C2)C1. The lowest BCUT2D eigenvalue weighted by Crippen LogP contribution is -2.45. The Morgan fingerprint density at radius 3 is 2.68 bits per heavy atom. The first-order chi connectivity index (χ1) is 9.24. The first-order valence-electron chi connectivity index (χ1n) is 7.97. The number of nitrogens with one attached hydrogen (secondary N) is 1. The molecule has 3 unspecified atom stereocenters. The molecule has 3 aliphatic heterocycles. The Balaban J connectivity index is 1.53. The summed E-state index contributed by atoms with van der Waals surface area (Å²) in [6.45, 7) is 8.63. The van der Waals surface area contributed by atoms with E-state index in [0.29, 0.717) is 17.9 Å². The molecule has 108 valence electrons. The van der Waals surface area contributed by atoms with Gasteiger partial charge in [-0.3, -0.25) is 9.69 Å². The standard InChI is InChI=1S/C15H27N3O/c1-12-8-13(10-16-9-12)15(19)18-7-4-14(11-18)17-5-2-3-6-17/h12-14,16H,2-11H2,1H3. The van der Waals surface area contributed by atoms with Crippen molar-refractivity contribution in [1.29, 1.82) is 0 Å². The highest BCUT2D eigenvalue weighted by atomic mass is 16.2. The summed E-state index contributed by atoms with van der Waals surface area (Å²) in [4.78, 5) is 17.3. The minimum atomic E-state index is 0.223. The Bertz CT molecular complexity index is 327. The van der Waals surface area contributed by atoms with Crippen LogP contribution in [0.1, 0.15) is 32.6 Å². The zero-order chi connectivity index (χ0) is 13.2. The maximum Gasteiger partial charge on any atom is 0.227 e. The van der Waals surface area contributed by atoms with Crippen LogP contribution in [0.25, 0.3) is 0 Å². The van der Waals surface area contributed by atoms with Crippen LogP contribution in [0.4, 0.5) is 0 Å². The molecular weight excluding hydrogens is 238 g/mol. The molecule has 4 heteroatoms. The maximum absolute atomic E-state index is 12.6. The van der Waals surface area contributed by atoms with E-state index in [9.17, 15) is 4.79 Å². The lowest BCUT2D eigenvalue weighted by atomic mass is 9.91. The molecule has 3 fully saturated rings. The Kier molecular flexibility index (Phi) is 4.08. The highest BCUT2D eigenvalue weighted by Gasteiger charge is 2.35. The zero-order valence-electron chi connectivity index (χ0n) is 12.1. The fourth-order valence-electron chi connectivity index (χ4n) is 3.95. The molecule has 0 saturated carbocycles. The van der Waals surface area contributed by atoms with Crippen molar-refractivity contribution < 1.29 is 4.79 Å². The Hall–Kier alpha value is -0.610. The van der Waals surface area contributed by atoms with Gasteiger partial charge in [-0.25, -0.2) is 0 Å². The second-order valence-electron chi connectivity index (χ2n) is 6.67. The fourth-order valence-corrected chi connectivity index (χ4v) is 3.95. The average molecular weight is 265 g/mol. The van der Waals surface area contributed by atoms with Crippen molar-refractivity contribution in [1.82, 2.24) is 15.1 Å². The molecule has 3 aliphatic rings. The molecule has 0 spiro atoms. The third-order valence-corrected chi connectivity index (χ3v) is 5.05. The van der Waals surface area contributed by atoms with Crippen LogP contribution in [0.2, 0.25) is 0 Å². The van der Waals surface area contributed by atoms with Crippen molar-refractivity contribution in [2.45, 2.75) is 38.6 Å². The first-order valence-corrected chi connectivity index (χ1v) is 7.97. The van der Waals surface area contributed by atoms with Crippen LogP contribution < -0.4 is 5.32 Å². The van der Waals surface area contributed by atoms with E-state index in [-0.39, 0.29) is 5.92 Å². The summed E-state index contributed by atoms with van der Waals surface area (Å²) in [5, 5.41) is 3.40. The van der Waals surface area contributed by atoms with E-state index in [4.69, 9.17) is 0 Å². The smallest absolute Gasteiger partial charge is 0.227 e. The van der Waals surface area contributed by atoms with Gasteiger partial charge in [-0.2, -0.15) is 0 Å². The number of carbonyl (C=O) groups excluding carboxylic acids is 1. The molecule has 3 saturated heterocycles. The normalized spacial score (nSPS) is 36.9. The van der Waals surface area contributed by atoms with Crippen molar-refractivity contribution in [2.24, 2.45) is 11.8 Å². The van der Waals surface area contributed by atoms with E-state index >= 15 is 0 Å². The molecule has 19 heavy (non-hydrogen) atoms.